The van der Waals surface area contributed by atoms with Gasteiger partial charge in [-0.3, -0.25) is 4.79 Å². The predicted molar refractivity (Wildman–Crippen MR) is 45.0 cm³/mol. The maximum atomic E-state index is 11.4. The van der Waals surface area contributed by atoms with Crippen LogP contribution in [0, 0.1) is 0 Å². The number of hydrogen-bond donors (Lipinski definition) is 1. The Labute approximate surface area is 76.3 Å². The molecule has 2 saturated heterocycles. The summed E-state index contributed by atoms with van der Waals surface area (Å²) >= 11 is 5.80. The van der Waals surface area contributed by atoms with Crippen LogP contribution >= 0.6 is 11.6 Å². The minimum Gasteiger partial charge on any atom is -0.391 e. The van der Waals surface area contributed by atoms with E-state index in [-0.39, 0.29) is 18.1 Å². The Hall–Kier alpha value is -0.280. The van der Waals surface area contributed by atoms with Gasteiger partial charge in [0.15, 0.2) is 0 Å². The smallest absolute Gasteiger partial charge is 0.241 e. The Morgan fingerprint density at radius 2 is 2.33 bits per heavy atom. The third kappa shape index (κ3) is 1.12. The molecular formula is C8H12ClNO2. The van der Waals surface area contributed by atoms with Crippen LogP contribution in [-0.4, -0.2) is 40.0 Å². The molecule has 2 aliphatic rings. The number of rotatable bonds is 0. The summed E-state index contributed by atoms with van der Waals surface area (Å²) < 4.78 is 0. The zero-order valence-corrected chi connectivity index (χ0v) is 7.50. The van der Waals surface area contributed by atoms with E-state index in [1.54, 1.807) is 4.90 Å². The van der Waals surface area contributed by atoms with Crippen molar-refractivity contribution in [3.63, 3.8) is 0 Å². The molecule has 0 aliphatic carbocycles. The Morgan fingerprint density at radius 1 is 1.58 bits per heavy atom. The number of fused-ring (bicyclic) bond motifs is 1. The van der Waals surface area contributed by atoms with Gasteiger partial charge in [0.2, 0.25) is 5.91 Å². The van der Waals surface area contributed by atoms with Gasteiger partial charge < -0.3 is 10.0 Å². The molecule has 0 aromatic heterocycles. The number of halogens is 1. The molecule has 0 unspecified atom stereocenters. The van der Waals surface area contributed by atoms with Crippen molar-refractivity contribution in [1.29, 1.82) is 0 Å². The van der Waals surface area contributed by atoms with Gasteiger partial charge in [0, 0.05) is 6.54 Å². The van der Waals surface area contributed by atoms with Gasteiger partial charge in [0.25, 0.3) is 0 Å². The summed E-state index contributed by atoms with van der Waals surface area (Å²) in [7, 11) is 0. The Balaban J connectivity index is 2.16. The lowest BCUT2D eigenvalue weighted by molar-refractivity contribution is -0.131. The van der Waals surface area contributed by atoms with E-state index in [9.17, 15) is 9.90 Å². The molecule has 1 amide bonds. The summed E-state index contributed by atoms with van der Waals surface area (Å²) in [6.45, 7) is 0.768. The quantitative estimate of drug-likeness (QED) is 0.559. The van der Waals surface area contributed by atoms with Crippen molar-refractivity contribution in [2.45, 2.75) is 36.8 Å². The minimum atomic E-state index is -0.400. The maximum Gasteiger partial charge on any atom is 0.241 e. The first-order chi connectivity index (χ1) is 5.70. The molecule has 0 radical (unpaired) electrons. The van der Waals surface area contributed by atoms with Gasteiger partial charge >= 0.3 is 0 Å². The number of hydrogen-bond acceptors (Lipinski definition) is 2. The van der Waals surface area contributed by atoms with Gasteiger partial charge in [-0.15, -0.1) is 11.6 Å². The van der Waals surface area contributed by atoms with Crippen LogP contribution in [0.25, 0.3) is 0 Å². The fraction of sp³-hybridized carbons (Fsp3) is 0.875. The average Bonchev–Trinajstić information content (AvgIpc) is 2.32. The highest BCUT2D eigenvalue weighted by Crippen LogP contribution is 2.30. The van der Waals surface area contributed by atoms with E-state index in [4.69, 9.17) is 11.6 Å². The van der Waals surface area contributed by atoms with Crippen LogP contribution in [0.2, 0.25) is 0 Å². The Kier molecular flexibility index (Phi) is 2.00. The van der Waals surface area contributed by atoms with Crippen molar-refractivity contribution in [3.05, 3.63) is 0 Å². The zero-order valence-electron chi connectivity index (χ0n) is 6.74. The molecule has 2 heterocycles. The van der Waals surface area contributed by atoms with Crippen molar-refractivity contribution in [2.24, 2.45) is 0 Å². The highest BCUT2D eigenvalue weighted by Gasteiger charge is 2.43. The molecule has 0 saturated carbocycles. The average molecular weight is 190 g/mol. The van der Waals surface area contributed by atoms with Gasteiger partial charge in [0.1, 0.15) is 5.38 Å². The fourth-order valence-corrected chi connectivity index (χ4v) is 2.40. The molecule has 1 N–H and O–H groups in total. The summed E-state index contributed by atoms with van der Waals surface area (Å²) in [6, 6.07) is -0.00579. The number of carbonyl (C=O) groups excluding carboxylic acids is 1. The highest BCUT2D eigenvalue weighted by atomic mass is 35.5. The molecule has 3 atom stereocenters. The van der Waals surface area contributed by atoms with Crippen LogP contribution in [0.15, 0.2) is 0 Å². The van der Waals surface area contributed by atoms with Crippen LogP contribution in [-0.2, 0) is 4.79 Å². The first-order valence-electron chi connectivity index (χ1n) is 4.33. The molecule has 12 heavy (non-hydrogen) atoms. The predicted octanol–water partition coefficient (Wildman–Crippen LogP) is 0.349. The standard InChI is InChI=1S/C8H12ClNO2/c9-5-4-6-7(11)2-1-3-10(6)8(5)12/h5-7,11H,1-4H2/t5-,6+,7-/m1/s1. The van der Waals surface area contributed by atoms with Gasteiger partial charge in [-0.25, -0.2) is 0 Å². The number of alkyl halides is 1. The number of carbonyl (C=O) groups is 1. The van der Waals surface area contributed by atoms with Gasteiger partial charge in [0.05, 0.1) is 12.1 Å². The lowest BCUT2D eigenvalue weighted by Gasteiger charge is -2.33. The molecule has 0 bridgehead atoms. The van der Waals surface area contributed by atoms with Crippen molar-refractivity contribution >= 4 is 17.5 Å². The Bertz CT molecular complexity index is 209. The summed E-state index contributed by atoms with van der Waals surface area (Å²) in [4.78, 5) is 13.1. The molecule has 0 spiro atoms. The molecule has 3 nitrogen and oxygen atoms in total. The van der Waals surface area contributed by atoms with E-state index in [1.165, 1.54) is 0 Å². The number of aliphatic hydroxyl groups is 1. The largest absolute Gasteiger partial charge is 0.391 e. The topological polar surface area (TPSA) is 40.5 Å². The molecule has 2 aliphatic heterocycles. The van der Waals surface area contributed by atoms with Crippen LogP contribution < -0.4 is 0 Å². The van der Waals surface area contributed by atoms with E-state index < -0.39 is 5.38 Å². The van der Waals surface area contributed by atoms with Gasteiger partial charge in [-0.2, -0.15) is 0 Å². The molecule has 68 valence electrons. The normalized spacial score (nSPS) is 41.7. The molecule has 2 rings (SSSR count). The first-order valence-corrected chi connectivity index (χ1v) is 4.76. The van der Waals surface area contributed by atoms with Gasteiger partial charge in [-0.1, -0.05) is 0 Å². The molecule has 0 aromatic rings. The summed E-state index contributed by atoms with van der Waals surface area (Å²) in [5, 5.41) is 9.16. The van der Waals surface area contributed by atoms with Crippen molar-refractivity contribution in [1.82, 2.24) is 4.90 Å². The second kappa shape index (κ2) is 2.89. The third-order valence-corrected chi connectivity index (χ3v) is 3.11. The van der Waals surface area contributed by atoms with E-state index in [0.717, 1.165) is 19.4 Å². The summed E-state index contributed by atoms with van der Waals surface area (Å²) in [5.41, 5.74) is 0. The van der Waals surface area contributed by atoms with E-state index in [1.807, 2.05) is 0 Å². The second-order valence-electron chi connectivity index (χ2n) is 3.51. The number of piperidine rings is 1. The Morgan fingerprint density at radius 3 is 3.00 bits per heavy atom. The number of aliphatic hydroxyl groups excluding tert-OH is 1. The van der Waals surface area contributed by atoms with Crippen LogP contribution in [0.3, 0.4) is 0 Å². The fourth-order valence-electron chi connectivity index (χ4n) is 2.09. The molecular weight excluding hydrogens is 178 g/mol. The van der Waals surface area contributed by atoms with Gasteiger partial charge in [-0.05, 0) is 19.3 Å². The summed E-state index contributed by atoms with van der Waals surface area (Å²) in [6.07, 6.45) is 1.96. The van der Waals surface area contributed by atoms with E-state index in [2.05, 4.69) is 0 Å². The summed E-state index contributed by atoms with van der Waals surface area (Å²) in [5.74, 6) is 0.000386. The van der Waals surface area contributed by atoms with E-state index >= 15 is 0 Å². The van der Waals surface area contributed by atoms with Crippen LogP contribution in [0.1, 0.15) is 19.3 Å². The van der Waals surface area contributed by atoms with Crippen LogP contribution in [0.4, 0.5) is 0 Å². The van der Waals surface area contributed by atoms with Crippen molar-refractivity contribution in [3.8, 4) is 0 Å². The van der Waals surface area contributed by atoms with Crippen LogP contribution in [0.5, 0.6) is 0 Å². The first kappa shape index (κ1) is 8.32. The zero-order chi connectivity index (χ0) is 8.72. The monoisotopic (exact) mass is 189 g/mol. The highest BCUT2D eigenvalue weighted by molar-refractivity contribution is 6.31. The molecule has 0 aromatic carbocycles. The van der Waals surface area contributed by atoms with Crippen molar-refractivity contribution < 1.29 is 9.90 Å². The molecule has 4 heteroatoms. The third-order valence-electron chi connectivity index (χ3n) is 2.74. The number of nitrogens with zero attached hydrogens (tertiary/aromatic N) is 1. The maximum absolute atomic E-state index is 11.4. The van der Waals surface area contributed by atoms with Crippen molar-refractivity contribution in [2.75, 3.05) is 6.54 Å². The second-order valence-corrected chi connectivity index (χ2v) is 4.04. The number of amides is 1. The minimum absolute atomic E-state index is 0.000386. The lowest BCUT2D eigenvalue weighted by Crippen LogP contribution is -2.45. The molecule has 2 fully saturated rings. The van der Waals surface area contributed by atoms with E-state index in [0.29, 0.717) is 6.42 Å². The lowest BCUT2D eigenvalue weighted by atomic mass is 9.99. The SMILES string of the molecule is O=C1[C@H](Cl)C[C@H]2[C@H](O)CCCN12.